The molecule has 5 nitrogen and oxygen atoms in total. The lowest BCUT2D eigenvalue weighted by atomic mass is 9.95. The van der Waals surface area contributed by atoms with E-state index in [1.54, 1.807) is 25.1 Å². The Morgan fingerprint density at radius 3 is 2.45 bits per heavy atom. The van der Waals surface area contributed by atoms with Crippen LogP contribution in [-0.4, -0.2) is 24.0 Å². The van der Waals surface area contributed by atoms with Crippen LogP contribution in [0.4, 0.5) is 5.69 Å². The van der Waals surface area contributed by atoms with E-state index in [9.17, 15) is 9.59 Å². The Balaban J connectivity index is 1.65. The van der Waals surface area contributed by atoms with Crippen LogP contribution in [0.25, 0.3) is 0 Å². The number of ether oxygens (including phenoxy) is 1. The van der Waals surface area contributed by atoms with Gasteiger partial charge < -0.3 is 15.4 Å². The van der Waals surface area contributed by atoms with Crippen LogP contribution in [0.15, 0.2) is 42.5 Å². The zero-order valence-electron chi connectivity index (χ0n) is 17.5. The average molecular weight is 395 g/mol. The first kappa shape index (κ1) is 20.9. The monoisotopic (exact) mass is 394 g/mol. The minimum absolute atomic E-state index is 0.143. The summed E-state index contributed by atoms with van der Waals surface area (Å²) >= 11 is 0. The normalized spacial score (nSPS) is 15.4. The quantitative estimate of drug-likeness (QED) is 0.741. The van der Waals surface area contributed by atoms with Crippen molar-refractivity contribution in [2.75, 3.05) is 5.32 Å². The van der Waals surface area contributed by atoms with E-state index in [0.29, 0.717) is 17.0 Å². The van der Waals surface area contributed by atoms with Gasteiger partial charge in [-0.15, -0.1) is 0 Å². The molecule has 2 N–H and O–H groups in total. The number of carbonyl (C=O) groups is 2. The molecule has 0 unspecified atom stereocenters. The number of carbonyl (C=O) groups excluding carboxylic acids is 2. The van der Waals surface area contributed by atoms with Crippen LogP contribution >= 0.6 is 0 Å². The minimum atomic E-state index is -0.688. The van der Waals surface area contributed by atoms with Gasteiger partial charge in [0, 0.05) is 6.04 Å². The van der Waals surface area contributed by atoms with Crippen LogP contribution in [0.2, 0.25) is 0 Å². The second kappa shape index (κ2) is 9.59. The molecule has 2 aromatic rings. The molecule has 0 aliphatic heterocycles. The molecule has 1 fully saturated rings. The minimum Gasteiger partial charge on any atom is -0.481 e. The van der Waals surface area contributed by atoms with Crippen molar-refractivity contribution in [1.29, 1.82) is 0 Å². The van der Waals surface area contributed by atoms with Gasteiger partial charge in [0.2, 0.25) is 0 Å². The number of amides is 2. The predicted molar refractivity (Wildman–Crippen MR) is 115 cm³/mol. The second-order valence-electron chi connectivity index (χ2n) is 7.85. The van der Waals surface area contributed by atoms with E-state index >= 15 is 0 Å². The summed E-state index contributed by atoms with van der Waals surface area (Å²) in [6.45, 7) is 5.74. The van der Waals surface area contributed by atoms with Gasteiger partial charge in [-0.3, -0.25) is 9.59 Å². The SMILES string of the molecule is Cc1ccc(O[C@@H](C)C(=O)Nc2ccccc2C(=O)NC2CCCCC2)cc1C. The van der Waals surface area contributed by atoms with Crippen molar-refractivity contribution < 1.29 is 14.3 Å². The van der Waals surface area contributed by atoms with E-state index in [4.69, 9.17) is 4.74 Å². The van der Waals surface area contributed by atoms with Gasteiger partial charge in [-0.05, 0) is 69.0 Å². The Bertz CT molecular complexity index is 872. The Morgan fingerprint density at radius 1 is 1.00 bits per heavy atom. The van der Waals surface area contributed by atoms with Gasteiger partial charge in [0.15, 0.2) is 6.10 Å². The number of hydrogen-bond donors (Lipinski definition) is 2. The number of para-hydroxylation sites is 1. The van der Waals surface area contributed by atoms with Crippen LogP contribution < -0.4 is 15.4 Å². The fourth-order valence-corrected chi connectivity index (χ4v) is 3.58. The first-order valence-electron chi connectivity index (χ1n) is 10.4. The lowest BCUT2D eigenvalue weighted by molar-refractivity contribution is -0.122. The maximum atomic E-state index is 12.8. The molecular weight excluding hydrogens is 364 g/mol. The summed E-state index contributed by atoms with van der Waals surface area (Å²) in [5.74, 6) is 0.218. The molecule has 1 aliphatic carbocycles. The largest absolute Gasteiger partial charge is 0.481 e. The number of anilines is 1. The van der Waals surface area contributed by atoms with Gasteiger partial charge in [0.1, 0.15) is 5.75 Å². The zero-order valence-corrected chi connectivity index (χ0v) is 17.5. The van der Waals surface area contributed by atoms with Gasteiger partial charge in [-0.1, -0.05) is 37.5 Å². The van der Waals surface area contributed by atoms with Crippen LogP contribution in [0.1, 0.15) is 60.5 Å². The maximum Gasteiger partial charge on any atom is 0.265 e. The van der Waals surface area contributed by atoms with Crippen molar-refractivity contribution in [3.8, 4) is 5.75 Å². The molecule has 1 aliphatic rings. The molecule has 5 heteroatoms. The van der Waals surface area contributed by atoms with E-state index in [2.05, 4.69) is 10.6 Å². The molecule has 0 spiro atoms. The lowest BCUT2D eigenvalue weighted by Crippen LogP contribution is -2.37. The summed E-state index contributed by atoms with van der Waals surface area (Å²) in [5, 5.41) is 5.96. The third-order valence-corrected chi connectivity index (χ3v) is 5.53. The molecule has 0 aromatic heterocycles. The molecule has 0 heterocycles. The summed E-state index contributed by atoms with van der Waals surface area (Å²) in [6, 6.07) is 13.1. The van der Waals surface area contributed by atoms with Crippen molar-refractivity contribution in [3.05, 3.63) is 59.2 Å². The Kier molecular flexibility index (Phi) is 6.91. The Labute approximate surface area is 172 Å². The summed E-state index contributed by atoms with van der Waals surface area (Å²) < 4.78 is 5.79. The third-order valence-electron chi connectivity index (χ3n) is 5.53. The summed E-state index contributed by atoms with van der Waals surface area (Å²) in [6.07, 6.45) is 4.87. The molecule has 2 aromatic carbocycles. The fourth-order valence-electron chi connectivity index (χ4n) is 3.58. The Morgan fingerprint density at radius 2 is 1.72 bits per heavy atom. The van der Waals surface area contributed by atoms with Crippen LogP contribution in [-0.2, 0) is 4.79 Å². The molecule has 3 rings (SSSR count). The first-order valence-corrected chi connectivity index (χ1v) is 10.4. The molecule has 0 bridgehead atoms. The maximum absolute atomic E-state index is 12.8. The first-order chi connectivity index (χ1) is 13.9. The number of hydrogen-bond acceptors (Lipinski definition) is 3. The van der Waals surface area contributed by atoms with Crippen molar-refractivity contribution >= 4 is 17.5 Å². The second-order valence-corrected chi connectivity index (χ2v) is 7.85. The van der Waals surface area contributed by atoms with E-state index in [1.165, 1.54) is 12.0 Å². The summed E-state index contributed by atoms with van der Waals surface area (Å²) in [7, 11) is 0. The van der Waals surface area contributed by atoms with Gasteiger partial charge in [0.05, 0.1) is 11.3 Å². The van der Waals surface area contributed by atoms with Gasteiger partial charge in [-0.25, -0.2) is 0 Å². The topological polar surface area (TPSA) is 67.4 Å². The highest BCUT2D eigenvalue weighted by atomic mass is 16.5. The Hall–Kier alpha value is -2.82. The third kappa shape index (κ3) is 5.59. The van der Waals surface area contributed by atoms with Crippen LogP contribution in [0.5, 0.6) is 5.75 Å². The molecule has 0 radical (unpaired) electrons. The molecule has 1 saturated carbocycles. The number of nitrogens with one attached hydrogen (secondary N) is 2. The summed E-state index contributed by atoms with van der Waals surface area (Å²) in [4.78, 5) is 25.4. The highest BCUT2D eigenvalue weighted by Gasteiger charge is 2.21. The van der Waals surface area contributed by atoms with E-state index in [0.717, 1.165) is 31.2 Å². The zero-order chi connectivity index (χ0) is 20.8. The molecule has 29 heavy (non-hydrogen) atoms. The van der Waals surface area contributed by atoms with E-state index < -0.39 is 6.10 Å². The van der Waals surface area contributed by atoms with E-state index in [-0.39, 0.29) is 17.9 Å². The van der Waals surface area contributed by atoms with Gasteiger partial charge >= 0.3 is 0 Å². The number of aryl methyl sites for hydroxylation is 2. The summed E-state index contributed by atoms with van der Waals surface area (Å²) in [5.41, 5.74) is 3.26. The highest BCUT2D eigenvalue weighted by Crippen LogP contribution is 2.21. The molecule has 154 valence electrons. The van der Waals surface area contributed by atoms with E-state index in [1.807, 2.05) is 38.1 Å². The van der Waals surface area contributed by atoms with Crippen LogP contribution in [0, 0.1) is 13.8 Å². The van der Waals surface area contributed by atoms with Crippen molar-refractivity contribution in [2.24, 2.45) is 0 Å². The number of rotatable bonds is 6. The van der Waals surface area contributed by atoms with Crippen LogP contribution in [0.3, 0.4) is 0 Å². The molecule has 2 amide bonds. The molecule has 1 atom stereocenters. The number of benzene rings is 2. The fraction of sp³-hybridized carbons (Fsp3) is 0.417. The smallest absolute Gasteiger partial charge is 0.265 e. The standard InChI is InChI=1S/C24H30N2O3/c1-16-13-14-20(15-17(16)2)29-18(3)23(27)26-22-12-8-7-11-21(22)24(28)25-19-9-5-4-6-10-19/h7-8,11-15,18-19H,4-6,9-10H2,1-3H3,(H,25,28)(H,26,27)/t18-/m0/s1. The average Bonchev–Trinajstić information content (AvgIpc) is 2.71. The highest BCUT2D eigenvalue weighted by molar-refractivity contribution is 6.04. The van der Waals surface area contributed by atoms with Gasteiger partial charge in [-0.2, -0.15) is 0 Å². The van der Waals surface area contributed by atoms with Crippen molar-refractivity contribution in [3.63, 3.8) is 0 Å². The van der Waals surface area contributed by atoms with Crippen molar-refractivity contribution in [1.82, 2.24) is 5.32 Å². The van der Waals surface area contributed by atoms with Crippen molar-refractivity contribution in [2.45, 2.75) is 65.0 Å². The predicted octanol–water partition coefficient (Wildman–Crippen LogP) is 4.77. The lowest BCUT2D eigenvalue weighted by Gasteiger charge is -2.23. The molecule has 0 saturated heterocycles. The molecular formula is C24H30N2O3. The van der Waals surface area contributed by atoms with Gasteiger partial charge in [0.25, 0.3) is 11.8 Å².